The smallest absolute Gasteiger partial charge is 0.332 e. The van der Waals surface area contributed by atoms with Crippen LogP contribution in [0.4, 0.5) is 0 Å². The van der Waals surface area contributed by atoms with Gasteiger partial charge in [0.15, 0.2) is 0 Å². The number of para-hydroxylation sites is 1. The van der Waals surface area contributed by atoms with Crippen molar-refractivity contribution in [2.75, 3.05) is 6.54 Å². The maximum atomic E-state index is 12.2. The summed E-state index contributed by atoms with van der Waals surface area (Å²) in [6.45, 7) is 1.78. The molecule has 0 saturated heterocycles. The molecule has 0 aliphatic rings. The predicted octanol–water partition coefficient (Wildman–Crippen LogP) is 0.611. The molecule has 6 heteroatoms. The van der Waals surface area contributed by atoms with E-state index in [1.165, 1.54) is 9.13 Å². The Kier molecular flexibility index (Phi) is 3.76. The van der Waals surface area contributed by atoms with Gasteiger partial charge in [0.05, 0.1) is 11.6 Å². The van der Waals surface area contributed by atoms with E-state index in [1.807, 2.05) is 0 Å². The summed E-state index contributed by atoms with van der Waals surface area (Å²) in [6.07, 6.45) is 1.71. The largest absolute Gasteiger partial charge is 0.481 e. The molecular weight excluding hydrogens is 258 g/mol. The molecule has 20 heavy (non-hydrogen) atoms. The molecule has 0 amide bonds. The van der Waals surface area contributed by atoms with Gasteiger partial charge in [-0.3, -0.25) is 9.36 Å². The minimum atomic E-state index is -0.999. The second-order valence-corrected chi connectivity index (χ2v) is 4.68. The number of carboxylic acid groups (broad SMARTS) is 1. The molecule has 106 valence electrons. The molecule has 1 heterocycles. The van der Waals surface area contributed by atoms with Crippen LogP contribution in [0.3, 0.4) is 0 Å². The highest BCUT2D eigenvalue weighted by molar-refractivity contribution is 5.78. The van der Waals surface area contributed by atoms with Gasteiger partial charge >= 0.3 is 11.7 Å². The SMILES string of the molecule is Cc1cn(C)c(=O)n1-c1ccccc1C(CN)C(=O)O. The molecule has 0 saturated carbocycles. The number of hydrogen-bond donors (Lipinski definition) is 2. The summed E-state index contributed by atoms with van der Waals surface area (Å²) in [5.41, 5.74) is 7.19. The number of aromatic nitrogens is 2. The highest BCUT2D eigenvalue weighted by Gasteiger charge is 2.23. The third-order valence-electron chi connectivity index (χ3n) is 3.31. The second-order valence-electron chi connectivity index (χ2n) is 4.68. The van der Waals surface area contributed by atoms with Crippen molar-refractivity contribution in [3.8, 4) is 5.69 Å². The molecule has 2 aromatic rings. The van der Waals surface area contributed by atoms with Gasteiger partial charge in [-0.2, -0.15) is 0 Å². The minimum Gasteiger partial charge on any atom is -0.481 e. The standard InChI is InChI=1S/C14H17N3O3/c1-9-8-16(2)14(20)17(9)12-6-4-3-5-10(12)11(7-15)13(18)19/h3-6,8,11H,7,15H2,1-2H3,(H,18,19). The van der Waals surface area contributed by atoms with E-state index in [0.29, 0.717) is 11.3 Å². The Morgan fingerprint density at radius 1 is 1.40 bits per heavy atom. The van der Waals surface area contributed by atoms with Gasteiger partial charge in [0.2, 0.25) is 0 Å². The number of rotatable bonds is 4. The molecule has 0 spiro atoms. The Morgan fingerprint density at radius 3 is 2.55 bits per heavy atom. The Bertz CT molecular complexity index is 700. The first-order chi connectivity index (χ1) is 9.47. The zero-order valence-electron chi connectivity index (χ0n) is 11.4. The van der Waals surface area contributed by atoms with Crippen LogP contribution in [0.25, 0.3) is 5.69 Å². The number of imidazole rings is 1. The van der Waals surface area contributed by atoms with E-state index in [4.69, 9.17) is 5.73 Å². The van der Waals surface area contributed by atoms with E-state index in [9.17, 15) is 14.7 Å². The van der Waals surface area contributed by atoms with Gasteiger partial charge < -0.3 is 15.4 Å². The van der Waals surface area contributed by atoms with Gasteiger partial charge in [-0.25, -0.2) is 4.79 Å². The van der Waals surface area contributed by atoms with Crippen LogP contribution in [0, 0.1) is 6.92 Å². The molecule has 3 N–H and O–H groups in total. The first-order valence-electron chi connectivity index (χ1n) is 6.24. The van der Waals surface area contributed by atoms with Crippen LogP contribution in [0.15, 0.2) is 35.3 Å². The van der Waals surface area contributed by atoms with Crippen molar-refractivity contribution in [3.05, 3.63) is 52.2 Å². The van der Waals surface area contributed by atoms with Crippen molar-refractivity contribution < 1.29 is 9.90 Å². The maximum Gasteiger partial charge on any atom is 0.332 e. The predicted molar refractivity (Wildman–Crippen MR) is 75.2 cm³/mol. The number of hydrogen-bond acceptors (Lipinski definition) is 3. The van der Waals surface area contributed by atoms with Crippen LogP contribution in [0.1, 0.15) is 17.2 Å². The summed E-state index contributed by atoms with van der Waals surface area (Å²) in [7, 11) is 1.66. The van der Waals surface area contributed by atoms with Gasteiger partial charge in [0.25, 0.3) is 0 Å². The second kappa shape index (κ2) is 5.34. The fourth-order valence-corrected chi connectivity index (χ4v) is 2.34. The van der Waals surface area contributed by atoms with Crippen molar-refractivity contribution in [1.29, 1.82) is 0 Å². The van der Waals surface area contributed by atoms with Crippen LogP contribution in [0.2, 0.25) is 0 Å². The summed E-state index contributed by atoms with van der Waals surface area (Å²) in [5.74, 6) is -1.83. The molecule has 2 rings (SSSR count). The van der Waals surface area contributed by atoms with Crippen LogP contribution < -0.4 is 11.4 Å². The Hall–Kier alpha value is -2.34. The number of carboxylic acids is 1. The number of nitrogens with zero attached hydrogens (tertiary/aromatic N) is 2. The zero-order valence-corrected chi connectivity index (χ0v) is 11.4. The van der Waals surface area contributed by atoms with E-state index in [1.54, 1.807) is 44.4 Å². The number of aliphatic carboxylic acids is 1. The summed E-state index contributed by atoms with van der Waals surface area (Å²) >= 11 is 0. The number of aryl methyl sites for hydroxylation is 2. The van der Waals surface area contributed by atoms with Crippen LogP contribution >= 0.6 is 0 Å². The number of carbonyl (C=O) groups is 1. The Labute approximate surface area is 116 Å². The fourth-order valence-electron chi connectivity index (χ4n) is 2.34. The van der Waals surface area contributed by atoms with Crippen molar-refractivity contribution in [3.63, 3.8) is 0 Å². The number of nitrogens with two attached hydrogens (primary N) is 1. The summed E-state index contributed by atoms with van der Waals surface area (Å²) in [6, 6.07) is 6.94. The van der Waals surface area contributed by atoms with Crippen molar-refractivity contribution >= 4 is 5.97 Å². The summed E-state index contributed by atoms with van der Waals surface area (Å²) in [4.78, 5) is 23.5. The molecule has 0 aliphatic carbocycles. The van der Waals surface area contributed by atoms with E-state index in [2.05, 4.69) is 0 Å². The molecule has 0 fully saturated rings. The Morgan fingerprint density at radius 2 is 2.05 bits per heavy atom. The molecule has 1 atom stereocenters. The van der Waals surface area contributed by atoms with Crippen LogP contribution in [0.5, 0.6) is 0 Å². The molecule has 0 radical (unpaired) electrons. The molecule has 0 aliphatic heterocycles. The van der Waals surface area contributed by atoms with Gasteiger partial charge in [-0.1, -0.05) is 18.2 Å². The minimum absolute atomic E-state index is 0.0209. The molecular formula is C14H17N3O3. The van der Waals surface area contributed by atoms with Crippen molar-refractivity contribution in [2.45, 2.75) is 12.8 Å². The zero-order chi connectivity index (χ0) is 14.9. The van der Waals surface area contributed by atoms with Gasteiger partial charge in [0.1, 0.15) is 0 Å². The van der Waals surface area contributed by atoms with Gasteiger partial charge in [-0.15, -0.1) is 0 Å². The van der Waals surface area contributed by atoms with Crippen LogP contribution in [-0.2, 0) is 11.8 Å². The lowest BCUT2D eigenvalue weighted by Gasteiger charge is -2.16. The maximum absolute atomic E-state index is 12.2. The summed E-state index contributed by atoms with van der Waals surface area (Å²) < 4.78 is 2.96. The van der Waals surface area contributed by atoms with E-state index >= 15 is 0 Å². The molecule has 6 nitrogen and oxygen atoms in total. The highest BCUT2D eigenvalue weighted by Crippen LogP contribution is 2.23. The molecule has 0 bridgehead atoms. The fraction of sp³-hybridized carbons (Fsp3) is 0.286. The normalized spacial score (nSPS) is 12.3. The Balaban J connectivity index is 2.70. The van der Waals surface area contributed by atoms with Crippen molar-refractivity contribution in [2.24, 2.45) is 12.8 Å². The lowest BCUT2D eigenvalue weighted by atomic mass is 9.97. The van der Waals surface area contributed by atoms with Crippen molar-refractivity contribution in [1.82, 2.24) is 9.13 Å². The van der Waals surface area contributed by atoms with E-state index < -0.39 is 11.9 Å². The topological polar surface area (TPSA) is 90.3 Å². The lowest BCUT2D eigenvalue weighted by Crippen LogP contribution is -2.26. The average molecular weight is 275 g/mol. The quantitative estimate of drug-likeness (QED) is 0.855. The van der Waals surface area contributed by atoms with E-state index in [-0.39, 0.29) is 12.2 Å². The van der Waals surface area contributed by atoms with Crippen LogP contribution in [-0.4, -0.2) is 26.8 Å². The first kappa shape index (κ1) is 14.1. The monoisotopic (exact) mass is 275 g/mol. The third kappa shape index (κ3) is 2.25. The summed E-state index contributed by atoms with van der Waals surface area (Å²) in [5, 5.41) is 9.27. The third-order valence-corrected chi connectivity index (χ3v) is 3.31. The first-order valence-corrected chi connectivity index (χ1v) is 6.24. The molecule has 1 unspecified atom stereocenters. The van der Waals surface area contributed by atoms with Gasteiger partial charge in [-0.05, 0) is 18.6 Å². The number of benzene rings is 1. The molecule has 1 aromatic heterocycles. The highest BCUT2D eigenvalue weighted by atomic mass is 16.4. The lowest BCUT2D eigenvalue weighted by molar-refractivity contribution is -0.138. The molecule has 1 aromatic carbocycles. The average Bonchev–Trinajstić information content (AvgIpc) is 2.65. The van der Waals surface area contributed by atoms with E-state index in [0.717, 1.165) is 5.69 Å². The van der Waals surface area contributed by atoms with Gasteiger partial charge in [0, 0.05) is 25.5 Å².